The van der Waals surface area contributed by atoms with Gasteiger partial charge in [-0.2, -0.15) is 10.2 Å². The number of phenolic OH excluding ortho intramolecular Hbond substituents is 1. The van der Waals surface area contributed by atoms with Crippen molar-refractivity contribution in [3.63, 3.8) is 0 Å². The van der Waals surface area contributed by atoms with E-state index in [1.54, 1.807) is 17.3 Å². The van der Waals surface area contributed by atoms with Gasteiger partial charge in [0.25, 0.3) is 0 Å². The zero-order valence-electron chi connectivity index (χ0n) is 23.7. The number of anilines is 1. The van der Waals surface area contributed by atoms with Gasteiger partial charge in [-0.05, 0) is 63.4 Å². The number of aliphatic hydroxyl groups is 1. The van der Waals surface area contributed by atoms with Crippen LogP contribution in [0.3, 0.4) is 0 Å². The van der Waals surface area contributed by atoms with Crippen LogP contribution in [0.4, 0.5) is 5.69 Å². The third-order valence-corrected chi connectivity index (χ3v) is 6.76. The van der Waals surface area contributed by atoms with Crippen LogP contribution in [0.25, 0.3) is 0 Å². The molecular formula is C32H37N3O5. The second-order valence-corrected chi connectivity index (χ2v) is 10.4. The van der Waals surface area contributed by atoms with Crippen LogP contribution in [-0.2, 0) is 9.53 Å². The first-order valence-corrected chi connectivity index (χ1v) is 13.3. The summed E-state index contributed by atoms with van der Waals surface area (Å²) < 4.78 is 10.6. The van der Waals surface area contributed by atoms with E-state index in [4.69, 9.17) is 14.6 Å². The Bertz CT molecular complexity index is 1450. The molecule has 0 aliphatic carbocycles. The van der Waals surface area contributed by atoms with Gasteiger partial charge in [0.15, 0.2) is 0 Å². The number of hydrogen-bond acceptors (Lipinski definition) is 8. The summed E-state index contributed by atoms with van der Waals surface area (Å²) in [5.41, 5.74) is 12.0. The van der Waals surface area contributed by atoms with E-state index in [0.717, 1.165) is 22.4 Å². The summed E-state index contributed by atoms with van der Waals surface area (Å²) in [6.07, 6.45) is -0.350. The second-order valence-electron chi connectivity index (χ2n) is 10.4. The molecule has 1 aliphatic heterocycles. The Hall–Kier alpha value is -4.14. The standard InChI is InChI=1S/C32H37N3O5/c1-19(2)32(38)40-18-24(36)17-39-25-9-12-30(31(37)15-25)35-33-28(26-10-7-20(3)13-22(26)5)16-29(34-35)27-11-8-21(4)14-23(27)6/h7-15,24,28,33,36-37H,1,16-18H2,2-6H3. The molecule has 0 saturated heterocycles. The lowest BCUT2D eigenvalue weighted by molar-refractivity contribution is -0.142. The van der Waals surface area contributed by atoms with E-state index < -0.39 is 12.1 Å². The van der Waals surface area contributed by atoms with Crippen LogP contribution in [0.5, 0.6) is 11.5 Å². The lowest BCUT2D eigenvalue weighted by Crippen LogP contribution is -2.43. The molecule has 0 spiro atoms. The summed E-state index contributed by atoms with van der Waals surface area (Å²) in [6, 6.07) is 17.5. The van der Waals surface area contributed by atoms with Crippen LogP contribution in [-0.4, -0.2) is 41.2 Å². The number of hydrogen-bond donors (Lipinski definition) is 3. The number of aromatic hydroxyl groups is 1. The number of esters is 1. The van der Waals surface area contributed by atoms with Crippen molar-refractivity contribution >= 4 is 17.4 Å². The summed E-state index contributed by atoms with van der Waals surface area (Å²) >= 11 is 0. The number of ether oxygens (including phenoxy) is 2. The van der Waals surface area contributed by atoms with Crippen LogP contribution in [0.2, 0.25) is 0 Å². The lowest BCUT2D eigenvalue weighted by Gasteiger charge is -2.34. The van der Waals surface area contributed by atoms with Crippen LogP contribution >= 0.6 is 0 Å². The third kappa shape index (κ3) is 6.89. The monoisotopic (exact) mass is 543 g/mol. The Kier molecular flexibility index (Phi) is 8.92. The Morgan fingerprint density at radius 3 is 2.40 bits per heavy atom. The number of aryl methyl sites for hydroxylation is 4. The van der Waals surface area contributed by atoms with Crippen molar-refractivity contribution in [1.29, 1.82) is 0 Å². The summed E-state index contributed by atoms with van der Waals surface area (Å²) in [5, 5.41) is 27.6. The predicted molar refractivity (Wildman–Crippen MR) is 157 cm³/mol. The van der Waals surface area contributed by atoms with Crippen LogP contribution < -0.4 is 15.3 Å². The lowest BCUT2D eigenvalue weighted by atomic mass is 9.91. The number of rotatable bonds is 9. The molecule has 0 amide bonds. The van der Waals surface area contributed by atoms with Gasteiger partial charge in [0.2, 0.25) is 0 Å². The number of phenols is 1. The fraction of sp³-hybridized carbons (Fsp3) is 0.312. The Balaban J connectivity index is 1.58. The van der Waals surface area contributed by atoms with E-state index in [-0.39, 0.29) is 30.6 Å². The maximum atomic E-state index is 11.5. The number of aliphatic hydroxyl groups excluding tert-OH is 1. The first kappa shape index (κ1) is 28.9. The summed E-state index contributed by atoms with van der Waals surface area (Å²) in [6.45, 7) is 13.0. The first-order chi connectivity index (χ1) is 19.0. The zero-order valence-corrected chi connectivity index (χ0v) is 23.7. The normalized spacial score (nSPS) is 15.8. The van der Waals surface area contributed by atoms with E-state index in [0.29, 0.717) is 17.9 Å². The molecule has 0 aromatic heterocycles. The molecule has 1 heterocycles. The molecule has 2 unspecified atom stereocenters. The Morgan fingerprint density at radius 1 is 1.05 bits per heavy atom. The van der Waals surface area contributed by atoms with Crippen molar-refractivity contribution in [3.05, 3.63) is 100 Å². The molecule has 2 atom stereocenters. The third-order valence-electron chi connectivity index (χ3n) is 6.76. The van der Waals surface area contributed by atoms with Crippen molar-refractivity contribution in [1.82, 2.24) is 5.43 Å². The van der Waals surface area contributed by atoms with Crippen molar-refractivity contribution < 1.29 is 24.5 Å². The molecule has 3 N–H and O–H groups in total. The zero-order chi connectivity index (χ0) is 29.0. The highest BCUT2D eigenvalue weighted by Crippen LogP contribution is 2.35. The Labute approximate surface area is 235 Å². The maximum Gasteiger partial charge on any atom is 0.333 e. The van der Waals surface area contributed by atoms with Gasteiger partial charge in [-0.3, -0.25) is 0 Å². The predicted octanol–water partition coefficient (Wildman–Crippen LogP) is 5.35. The number of carbonyl (C=O) groups excluding carboxylic acids is 1. The van der Waals surface area contributed by atoms with Crippen LogP contribution in [0.1, 0.15) is 52.8 Å². The van der Waals surface area contributed by atoms with Gasteiger partial charge >= 0.3 is 5.97 Å². The quantitative estimate of drug-likeness (QED) is 0.247. The summed E-state index contributed by atoms with van der Waals surface area (Å²) in [4.78, 5) is 11.5. The first-order valence-electron chi connectivity index (χ1n) is 13.3. The van der Waals surface area contributed by atoms with Crippen molar-refractivity contribution in [2.24, 2.45) is 5.10 Å². The van der Waals surface area contributed by atoms with E-state index in [9.17, 15) is 15.0 Å². The number of hydrazone groups is 1. The molecule has 0 bridgehead atoms. The molecule has 0 fully saturated rings. The minimum atomic E-state index is -1.03. The van der Waals surface area contributed by atoms with E-state index in [2.05, 4.69) is 76.1 Å². The van der Waals surface area contributed by atoms with E-state index in [1.807, 2.05) is 0 Å². The molecule has 8 heteroatoms. The van der Waals surface area contributed by atoms with Gasteiger partial charge in [0.05, 0.1) is 11.8 Å². The smallest absolute Gasteiger partial charge is 0.333 e. The molecule has 0 radical (unpaired) electrons. The topological polar surface area (TPSA) is 104 Å². The van der Waals surface area contributed by atoms with Crippen molar-refractivity contribution in [2.45, 2.75) is 53.2 Å². The highest BCUT2D eigenvalue weighted by atomic mass is 16.5. The number of nitrogens with one attached hydrogen (secondary N) is 1. The molecule has 0 saturated carbocycles. The van der Waals surface area contributed by atoms with Crippen molar-refractivity contribution in [3.8, 4) is 11.5 Å². The molecule has 8 nitrogen and oxygen atoms in total. The Morgan fingerprint density at radius 2 is 1.75 bits per heavy atom. The summed E-state index contributed by atoms with van der Waals surface area (Å²) in [5.74, 6) is -0.263. The minimum absolute atomic E-state index is 0.0433. The molecule has 1 aliphatic rings. The number of hydrazine groups is 1. The van der Waals surface area contributed by atoms with Gasteiger partial charge < -0.3 is 19.7 Å². The number of benzene rings is 3. The molecule has 4 rings (SSSR count). The van der Waals surface area contributed by atoms with E-state index >= 15 is 0 Å². The molecule has 3 aromatic rings. The van der Waals surface area contributed by atoms with Gasteiger partial charge in [0, 0.05) is 23.6 Å². The van der Waals surface area contributed by atoms with Gasteiger partial charge in [-0.25, -0.2) is 10.2 Å². The number of carbonyl (C=O) groups is 1. The van der Waals surface area contributed by atoms with Gasteiger partial charge in [-0.15, -0.1) is 0 Å². The molecule has 3 aromatic carbocycles. The van der Waals surface area contributed by atoms with Gasteiger partial charge in [0.1, 0.15) is 36.5 Å². The average Bonchev–Trinajstić information content (AvgIpc) is 2.90. The van der Waals surface area contributed by atoms with Gasteiger partial charge in [-0.1, -0.05) is 54.1 Å². The maximum absolute atomic E-state index is 11.5. The fourth-order valence-electron chi connectivity index (χ4n) is 4.71. The molecule has 40 heavy (non-hydrogen) atoms. The SMILES string of the molecule is C=C(C)C(=O)OCC(O)COc1ccc(N2N=C(c3ccc(C)cc3C)CC(c3ccc(C)cc3C)N2)c(O)c1. The van der Waals surface area contributed by atoms with Crippen LogP contribution in [0.15, 0.2) is 71.9 Å². The fourth-order valence-corrected chi connectivity index (χ4v) is 4.71. The highest BCUT2D eigenvalue weighted by molar-refractivity contribution is 6.03. The minimum Gasteiger partial charge on any atom is -0.505 e. The molecular weight excluding hydrogens is 506 g/mol. The summed E-state index contributed by atoms with van der Waals surface area (Å²) in [7, 11) is 0. The van der Waals surface area contributed by atoms with Crippen molar-refractivity contribution in [2.75, 3.05) is 18.3 Å². The highest BCUT2D eigenvalue weighted by Gasteiger charge is 2.28. The second kappa shape index (κ2) is 12.4. The van der Waals surface area contributed by atoms with Crippen LogP contribution in [0, 0.1) is 27.7 Å². The molecule has 210 valence electrons. The number of nitrogens with zero attached hydrogens (tertiary/aromatic N) is 2. The van der Waals surface area contributed by atoms with E-state index in [1.165, 1.54) is 29.7 Å². The average molecular weight is 544 g/mol. The largest absolute Gasteiger partial charge is 0.505 e.